The van der Waals surface area contributed by atoms with Crippen molar-refractivity contribution in [1.29, 1.82) is 0 Å². The van der Waals surface area contributed by atoms with Crippen LogP contribution in [0.3, 0.4) is 0 Å². The number of carbonyl (C=O) groups is 1. The molecule has 0 saturated heterocycles. The predicted octanol–water partition coefficient (Wildman–Crippen LogP) is 1.50. The first kappa shape index (κ1) is 13.8. The number of carbonyl (C=O) groups excluding carboxylic acids is 1. The second-order valence-electron chi connectivity index (χ2n) is 5.01. The SMILES string of the molecule is CNc1ccnc(C(=O)N(C)C2CCCCC2O)c1. The van der Waals surface area contributed by atoms with Crippen LogP contribution in [0.2, 0.25) is 0 Å². The lowest BCUT2D eigenvalue weighted by molar-refractivity contribution is 0.0264. The predicted molar refractivity (Wildman–Crippen MR) is 74.1 cm³/mol. The molecule has 2 N–H and O–H groups in total. The van der Waals surface area contributed by atoms with Crippen LogP contribution in [0.15, 0.2) is 18.3 Å². The molecule has 0 bridgehead atoms. The molecule has 1 saturated carbocycles. The maximum absolute atomic E-state index is 12.4. The summed E-state index contributed by atoms with van der Waals surface area (Å²) >= 11 is 0. The van der Waals surface area contributed by atoms with Crippen molar-refractivity contribution in [1.82, 2.24) is 9.88 Å². The van der Waals surface area contributed by atoms with E-state index in [9.17, 15) is 9.90 Å². The van der Waals surface area contributed by atoms with Crippen LogP contribution in [-0.2, 0) is 0 Å². The minimum Gasteiger partial charge on any atom is -0.391 e. The number of aliphatic hydroxyl groups is 1. The smallest absolute Gasteiger partial charge is 0.272 e. The topological polar surface area (TPSA) is 65.5 Å². The highest BCUT2D eigenvalue weighted by atomic mass is 16.3. The maximum atomic E-state index is 12.4. The summed E-state index contributed by atoms with van der Waals surface area (Å²) in [4.78, 5) is 18.1. The van der Waals surface area contributed by atoms with E-state index in [1.54, 1.807) is 31.3 Å². The number of likely N-dealkylation sites (N-methyl/N-ethyl adjacent to an activating group) is 1. The number of nitrogens with one attached hydrogen (secondary N) is 1. The molecule has 1 aliphatic rings. The molecule has 1 aliphatic carbocycles. The molecule has 1 heterocycles. The zero-order valence-corrected chi connectivity index (χ0v) is 11.5. The fourth-order valence-corrected chi connectivity index (χ4v) is 2.58. The van der Waals surface area contributed by atoms with Gasteiger partial charge in [0, 0.05) is 26.0 Å². The molecule has 0 spiro atoms. The van der Waals surface area contributed by atoms with Crippen LogP contribution < -0.4 is 5.32 Å². The van der Waals surface area contributed by atoms with Gasteiger partial charge in [-0.1, -0.05) is 12.8 Å². The van der Waals surface area contributed by atoms with Crippen molar-refractivity contribution in [3.63, 3.8) is 0 Å². The molecule has 2 atom stereocenters. The van der Waals surface area contributed by atoms with E-state index in [0.717, 1.165) is 31.4 Å². The lowest BCUT2D eigenvalue weighted by atomic mass is 9.91. The molecule has 5 heteroatoms. The Morgan fingerprint density at radius 1 is 1.47 bits per heavy atom. The summed E-state index contributed by atoms with van der Waals surface area (Å²) in [5.74, 6) is -0.136. The molecule has 19 heavy (non-hydrogen) atoms. The molecule has 1 aromatic rings. The molecule has 104 valence electrons. The van der Waals surface area contributed by atoms with Gasteiger partial charge in [-0.05, 0) is 25.0 Å². The summed E-state index contributed by atoms with van der Waals surface area (Å²) in [6.07, 6.45) is 4.91. The maximum Gasteiger partial charge on any atom is 0.272 e. The number of hydrogen-bond donors (Lipinski definition) is 2. The number of amides is 1. The van der Waals surface area contributed by atoms with Gasteiger partial charge in [0.1, 0.15) is 5.69 Å². The fourth-order valence-electron chi connectivity index (χ4n) is 2.58. The van der Waals surface area contributed by atoms with Gasteiger partial charge in [0.15, 0.2) is 0 Å². The van der Waals surface area contributed by atoms with Gasteiger partial charge in [0.25, 0.3) is 5.91 Å². The summed E-state index contributed by atoms with van der Waals surface area (Å²) in [6.45, 7) is 0. The second-order valence-corrected chi connectivity index (χ2v) is 5.01. The van der Waals surface area contributed by atoms with Crippen molar-refractivity contribution in [2.24, 2.45) is 0 Å². The van der Waals surface area contributed by atoms with Crippen molar-refractivity contribution in [2.75, 3.05) is 19.4 Å². The highest BCUT2D eigenvalue weighted by molar-refractivity contribution is 5.93. The van der Waals surface area contributed by atoms with E-state index in [2.05, 4.69) is 10.3 Å². The van der Waals surface area contributed by atoms with Crippen molar-refractivity contribution < 1.29 is 9.90 Å². The Kier molecular flexibility index (Phi) is 4.37. The molecule has 1 fully saturated rings. The number of rotatable bonds is 3. The van der Waals surface area contributed by atoms with Crippen LogP contribution in [0.1, 0.15) is 36.2 Å². The number of aromatic nitrogens is 1. The molecule has 0 radical (unpaired) electrons. The van der Waals surface area contributed by atoms with Gasteiger partial charge in [-0.3, -0.25) is 9.78 Å². The van der Waals surface area contributed by atoms with Crippen LogP contribution in [0.4, 0.5) is 5.69 Å². The van der Waals surface area contributed by atoms with Gasteiger partial charge >= 0.3 is 0 Å². The van der Waals surface area contributed by atoms with E-state index >= 15 is 0 Å². The molecule has 0 aromatic carbocycles. The molecule has 1 amide bonds. The van der Waals surface area contributed by atoms with E-state index in [1.165, 1.54) is 0 Å². The third-order valence-electron chi connectivity index (χ3n) is 3.78. The van der Waals surface area contributed by atoms with Crippen LogP contribution in [0, 0.1) is 0 Å². The monoisotopic (exact) mass is 263 g/mol. The molecular weight excluding hydrogens is 242 g/mol. The standard InChI is InChI=1S/C14H21N3O2/c1-15-10-7-8-16-11(9-10)14(19)17(2)12-5-3-4-6-13(12)18/h7-9,12-13,18H,3-6H2,1-2H3,(H,15,16). The van der Waals surface area contributed by atoms with Gasteiger partial charge < -0.3 is 15.3 Å². The van der Waals surface area contributed by atoms with Gasteiger partial charge in [-0.15, -0.1) is 0 Å². The number of anilines is 1. The van der Waals surface area contributed by atoms with E-state index in [0.29, 0.717) is 5.69 Å². The van der Waals surface area contributed by atoms with Crippen LogP contribution in [-0.4, -0.2) is 47.1 Å². The fraction of sp³-hybridized carbons (Fsp3) is 0.571. The quantitative estimate of drug-likeness (QED) is 0.867. The third kappa shape index (κ3) is 3.04. The number of hydrogen-bond acceptors (Lipinski definition) is 4. The van der Waals surface area contributed by atoms with E-state index in [-0.39, 0.29) is 11.9 Å². The largest absolute Gasteiger partial charge is 0.391 e. The second kappa shape index (κ2) is 6.02. The Labute approximate surface area is 113 Å². The van der Waals surface area contributed by atoms with E-state index in [1.807, 2.05) is 6.07 Å². The molecule has 0 aliphatic heterocycles. The lowest BCUT2D eigenvalue weighted by Crippen LogP contribution is -2.46. The van der Waals surface area contributed by atoms with Crippen molar-refractivity contribution in [3.8, 4) is 0 Å². The first-order chi connectivity index (χ1) is 9.13. The van der Waals surface area contributed by atoms with Crippen molar-refractivity contribution in [2.45, 2.75) is 37.8 Å². The summed E-state index contributed by atoms with van der Waals surface area (Å²) in [6, 6.07) is 3.45. The van der Waals surface area contributed by atoms with E-state index in [4.69, 9.17) is 0 Å². The van der Waals surface area contributed by atoms with Crippen LogP contribution in [0.25, 0.3) is 0 Å². The summed E-state index contributed by atoms with van der Waals surface area (Å²) in [5, 5.41) is 13.0. The molecule has 5 nitrogen and oxygen atoms in total. The first-order valence-electron chi connectivity index (χ1n) is 6.72. The van der Waals surface area contributed by atoms with Gasteiger partial charge in [0.05, 0.1) is 12.1 Å². The number of nitrogens with zero attached hydrogens (tertiary/aromatic N) is 2. The zero-order valence-electron chi connectivity index (χ0n) is 11.5. The van der Waals surface area contributed by atoms with Crippen LogP contribution >= 0.6 is 0 Å². The molecule has 1 aromatic heterocycles. The lowest BCUT2D eigenvalue weighted by Gasteiger charge is -2.35. The minimum absolute atomic E-state index is 0.0960. The third-order valence-corrected chi connectivity index (χ3v) is 3.78. The van der Waals surface area contributed by atoms with Gasteiger partial charge in [-0.2, -0.15) is 0 Å². The zero-order chi connectivity index (χ0) is 13.8. The minimum atomic E-state index is -0.421. The Bertz CT molecular complexity index is 450. The van der Waals surface area contributed by atoms with E-state index < -0.39 is 6.10 Å². The van der Waals surface area contributed by atoms with Crippen LogP contribution in [0.5, 0.6) is 0 Å². The van der Waals surface area contributed by atoms with Gasteiger partial charge in [-0.25, -0.2) is 0 Å². The molecule has 2 rings (SSSR count). The summed E-state index contributed by atoms with van der Waals surface area (Å²) in [7, 11) is 3.55. The van der Waals surface area contributed by atoms with Crippen molar-refractivity contribution >= 4 is 11.6 Å². The average molecular weight is 263 g/mol. The van der Waals surface area contributed by atoms with Gasteiger partial charge in [0.2, 0.25) is 0 Å². The number of aliphatic hydroxyl groups excluding tert-OH is 1. The first-order valence-corrected chi connectivity index (χ1v) is 6.72. The number of pyridine rings is 1. The summed E-state index contributed by atoms with van der Waals surface area (Å²) in [5.41, 5.74) is 1.27. The Balaban J connectivity index is 2.13. The molecule has 2 unspecified atom stereocenters. The normalized spacial score (nSPS) is 22.9. The highest BCUT2D eigenvalue weighted by Gasteiger charge is 2.30. The average Bonchev–Trinajstić information content (AvgIpc) is 2.46. The Hall–Kier alpha value is -1.62. The Morgan fingerprint density at radius 2 is 2.21 bits per heavy atom. The van der Waals surface area contributed by atoms with Crippen molar-refractivity contribution in [3.05, 3.63) is 24.0 Å². The Morgan fingerprint density at radius 3 is 2.89 bits per heavy atom. The summed E-state index contributed by atoms with van der Waals surface area (Å²) < 4.78 is 0. The highest BCUT2D eigenvalue weighted by Crippen LogP contribution is 2.23. The molecular formula is C14H21N3O2.